The molecule has 0 atom stereocenters. The minimum Gasteiger partial charge on any atom is -0.363 e. The van der Waals surface area contributed by atoms with Crippen molar-refractivity contribution in [2.24, 2.45) is 0 Å². The van der Waals surface area contributed by atoms with Gasteiger partial charge in [0.1, 0.15) is 0 Å². The molecule has 0 aliphatic carbocycles. The van der Waals surface area contributed by atoms with Gasteiger partial charge in [-0.2, -0.15) is 5.10 Å². The molecule has 0 radical (unpaired) electrons. The molecule has 1 N–H and O–H groups in total. The highest BCUT2D eigenvalue weighted by Crippen LogP contribution is 2.23. The molecule has 3 aromatic rings. The van der Waals surface area contributed by atoms with E-state index in [1.54, 1.807) is 11.3 Å². The van der Waals surface area contributed by atoms with Crippen LogP contribution in [0.2, 0.25) is 0 Å². The van der Waals surface area contributed by atoms with E-state index < -0.39 is 0 Å². The van der Waals surface area contributed by atoms with Crippen molar-refractivity contribution < 1.29 is 0 Å². The van der Waals surface area contributed by atoms with E-state index in [4.69, 9.17) is 0 Å². The summed E-state index contributed by atoms with van der Waals surface area (Å²) in [6, 6.07) is 12.5. The summed E-state index contributed by atoms with van der Waals surface area (Å²) in [6.07, 6.45) is 0. The molecular formula is C15H15N3S. The number of hydrogen-bond donors (Lipinski definition) is 1. The van der Waals surface area contributed by atoms with Crippen molar-refractivity contribution in [2.75, 3.05) is 5.32 Å². The van der Waals surface area contributed by atoms with Crippen LogP contribution in [0.1, 0.15) is 15.4 Å². The lowest BCUT2D eigenvalue weighted by Gasteiger charge is -2.08. The first kappa shape index (κ1) is 12.1. The summed E-state index contributed by atoms with van der Waals surface area (Å²) in [4.78, 5) is 2.64. The fraction of sp³-hybridized carbons (Fsp3) is 0.200. The molecule has 3 nitrogen and oxygen atoms in total. The van der Waals surface area contributed by atoms with E-state index >= 15 is 0 Å². The van der Waals surface area contributed by atoms with Gasteiger partial charge in [-0.15, -0.1) is 16.4 Å². The van der Waals surface area contributed by atoms with Crippen LogP contribution in [0.15, 0.2) is 36.4 Å². The SMILES string of the molecule is Cc1ccc(CNc2nnc(C)c3ccccc23)s1. The average molecular weight is 269 g/mol. The molecule has 0 aliphatic rings. The highest BCUT2D eigenvalue weighted by molar-refractivity contribution is 7.11. The topological polar surface area (TPSA) is 37.8 Å². The maximum atomic E-state index is 4.27. The smallest absolute Gasteiger partial charge is 0.156 e. The number of hydrogen-bond acceptors (Lipinski definition) is 4. The van der Waals surface area contributed by atoms with Crippen molar-refractivity contribution in [3.63, 3.8) is 0 Å². The van der Waals surface area contributed by atoms with Crippen molar-refractivity contribution in [2.45, 2.75) is 20.4 Å². The zero-order valence-corrected chi connectivity index (χ0v) is 11.8. The monoisotopic (exact) mass is 269 g/mol. The van der Waals surface area contributed by atoms with Gasteiger partial charge in [0.05, 0.1) is 12.2 Å². The van der Waals surface area contributed by atoms with Crippen LogP contribution in [0.4, 0.5) is 5.82 Å². The number of nitrogens with one attached hydrogen (secondary N) is 1. The second kappa shape index (κ2) is 4.97. The first-order valence-electron chi connectivity index (χ1n) is 6.25. The van der Waals surface area contributed by atoms with Gasteiger partial charge in [0, 0.05) is 20.5 Å². The van der Waals surface area contributed by atoms with E-state index in [2.05, 4.69) is 46.7 Å². The van der Waals surface area contributed by atoms with Gasteiger partial charge < -0.3 is 5.32 Å². The molecule has 2 heterocycles. The minimum absolute atomic E-state index is 0.792. The van der Waals surface area contributed by atoms with Gasteiger partial charge in [0.2, 0.25) is 0 Å². The van der Waals surface area contributed by atoms with Crippen LogP contribution in [-0.4, -0.2) is 10.2 Å². The fourth-order valence-electron chi connectivity index (χ4n) is 2.12. The molecule has 0 bridgehead atoms. The molecule has 0 aliphatic heterocycles. The van der Waals surface area contributed by atoms with Crippen LogP contribution in [0.5, 0.6) is 0 Å². The van der Waals surface area contributed by atoms with Crippen LogP contribution >= 0.6 is 11.3 Å². The lowest BCUT2D eigenvalue weighted by molar-refractivity contribution is 0.986. The maximum absolute atomic E-state index is 4.27. The first-order chi connectivity index (χ1) is 9.24. The summed E-state index contributed by atoms with van der Waals surface area (Å²) >= 11 is 1.80. The summed E-state index contributed by atoms with van der Waals surface area (Å²) in [6.45, 7) is 4.90. The van der Waals surface area contributed by atoms with Crippen LogP contribution < -0.4 is 5.32 Å². The molecule has 2 aromatic heterocycles. The van der Waals surface area contributed by atoms with E-state index in [-0.39, 0.29) is 0 Å². The van der Waals surface area contributed by atoms with Gasteiger partial charge in [0.15, 0.2) is 5.82 Å². The highest BCUT2D eigenvalue weighted by Gasteiger charge is 2.06. The molecule has 96 valence electrons. The number of aryl methyl sites for hydroxylation is 2. The summed E-state index contributed by atoms with van der Waals surface area (Å²) in [5.41, 5.74) is 0.966. The van der Waals surface area contributed by atoms with E-state index in [1.807, 2.05) is 19.1 Å². The number of thiophene rings is 1. The lowest BCUT2D eigenvalue weighted by Crippen LogP contribution is -2.03. The summed E-state index contributed by atoms with van der Waals surface area (Å²) in [5.74, 6) is 0.854. The number of nitrogens with zero attached hydrogens (tertiary/aromatic N) is 2. The Hall–Kier alpha value is -1.94. The third-order valence-corrected chi connectivity index (χ3v) is 4.10. The quantitative estimate of drug-likeness (QED) is 0.783. The van der Waals surface area contributed by atoms with Gasteiger partial charge in [-0.05, 0) is 26.0 Å². The van der Waals surface area contributed by atoms with Crippen molar-refractivity contribution >= 4 is 27.9 Å². The molecule has 0 saturated carbocycles. The Kier molecular flexibility index (Phi) is 3.17. The predicted octanol–water partition coefficient (Wildman–Crippen LogP) is 3.92. The van der Waals surface area contributed by atoms with Crippen molar-refractivity contribution in [1.29, 1.82) is 0 Å². The largest absolute Gasteiger partial charge is 0.363 e. The maximum Gasteiger partial charge on any atom is 0.156 e. The lowest BCUT2D eigenvalue weighted by atomic mass is 10.1. The summed E-state index contributed by atoms with van der Waals surface area (Å²) < 4.78 is 0. The zero-order valence-electron chi connectivity index (χ0n) is 11.0. The van der Waals surface area contributed by atoms with E-state index in [0.717, 1.165) is 28.8 Å². The van der Waals surface area contributed by atoms with Crippen LogP contribution in [0.3, 0.4) is 0 Å². The van der Waals surface area contributed by atoms with Crippen LogP contribution in [0.25, 0.3) is 10.8 Å². The summed E-state index contributed by atoms with van der Waals surface area (Å²) in [5, 5.41) is 14.2. The number of aromatic nitrogens is 2. The van der Waals surface area contributed by atoms with Crippen LogP contribution in [0, 0.1) is 13.8 Å². The van der Waals surface area contributed by atoms with Gasteiger partial charge in [0.25, 0.3) is 0 Å². The minimum atomic E-state index is 0.792. The number of anilines is 1. The van der Waals surface area contributed by atoms with E-state index in [9.17, 15) is 0 Å². The molecule has 0 amide bonds. The predicted molar refractivity (Wildman–Crippen MR) is 80.7 cm³/mol. The van der Waals surface area contributed by atoms with Crippen molar-refractivity contribution in [1.82, 2.24) is 10.2 Å². The van der Waals surface area contributed by atoms with Crippen molar-refractivity contribution in [3.05, 3.63) is 51.8 Å². The molecule has 0 unspecified atom stereocenters. The second-order valence-electron chi connectivity index (χ2n) is 4.55. The Morgan fingerprint density at radius 3 is 2.53 bits per heavy atom. The number of benzene rings is 1. The first-order valence-corrected chi connectivity index (χ1v) is 7.07. The molecule has 0 saturated heterocycles. The third kappa shape index (κ3) is 2.44. The fourth-order valence-corrected chi connectivity index (χ4v) is 2.95. The third-order valence-electron chi connectivity index (χ3n) is 3.10. The molecular weight excluding hydrogens is 254 g/mol. The second-order valence-corrected chi connectivity index (χ2v) is 5.92. The molecule has 4 heteroatoms. The zero-order chi connectivity index (χ0) is 13.2. The van der Waals surface area contributed by atoms with Gasteiger partial charge in [-0.1, -0.05) is 24.3 Å². The molecule has 3 rings (SSSR count). The molecule has 19 heavy (non-hydrogen) atoms. The Morgan fingerprint density at radius 2 is 1.79 bits per heavy atom. The highest BCUT2D eigenvalue weighted by atomic mass is 32.1. The van der Waals surface area contributed by atoms with Crippen LogP contribution in [-0.2, 0) is 6.54 Å². The standard InChI is InChI=1S/C15H15N3S/c1-10-7-8-12(19-10)9-16-15-14-6-4-3-5-13(14)11(2)17-18-15/h3-8H,9H2,1-2H3,(H,16,18). The Morgan fingerprint density at radius 1 is 1.00 bits per heavy atom. The Bertz CT molecular complexity index is 718. The van der Waals surface area contributed by atoms with Gasteiger partial charge in [-0.3, -0.25) is 0 Å². The van der Waals surface area contributed by atoms with E-state index in [0.29, 0.717) is 0 Å². The molecule has 1 aromatic carbocycles. The Balaban J connectivity index is 1.91. The number of rotatable bonds is 3. The summed E-state index contributed by atoms with van der Waals surface area (Å²) in [7, 11) is 0. The molecule has 0 spiro atoms. The Labute approximate surface area is 116 Å². The average Bonchev–Trinajstić information content (AvgIpc) is 2.84. The number of fused-ring (bicyclic) bond motifs is 1. The van der Waals surface area contributed by atoms with Gasteiger partial charge >= 0.3 is 0 Å². The van der Waals surface area contributed by atoms with Gasteiger partial charge in [-0.25, -0.2) is 0 Å². The van der Waals surface area contributed by atoms with Crippen molar-refractivity contribution in [3.8, 4) is 0 Å². The normalized spacial score (nSPS) is 10.8. The van der Waals surface area contributed by atoms with E-state index in [1.165, 1.54) is 9.75 Å². The molecule has 0 fully saturated rings.